The van der Waals surface area contributed by atoms with Crippen LogP contribution in [0, 0.1) is 6.92 Å². The lowest BCUT2D eigenvalue weighted by Gasteiger charge is -2.10. The topological polar surface area (TPSA) is 64.1 Å². The number of carbonyl (C=O) groups excluding carboxylic acids is 1. The second-order valence-corrected chi connectivity index (χ2v) is 7.72. The number of nitrogens with one attached hydrogen (secondary N) is 1. The molecule has 0 radical (unpaired) electrons. The molecule has 0 spiro atoms. The molecule has 7 heteroatoms. The minimum atomic E-state index is -0.123. The maximum absolute atomic E-state index is 12.2. The molecule has 0 saturated carbocycles. The van der Waals surface area contributed by atoms with Gasteiger partial charge in [-0.25, -0.2) is 0 Å². The molecule has 1 heterocycles. The SMILES string of the molecule is COc1ccc(C)cc1NC(=O)CSc1ccc(-c2ccc(Br)cc2)nn1. The first-order chi connectivity index (χ1) is 13.0. The summed E-state index contributed by atoms with van der Waals surface area (Å²) in [5, 5.41) is 12.0. The van der Waals surface area contributed by atoms with Crippen molar-refractivity contribution in [3.63, 3.8) is 0 Å². The summed E-state index contributed by atoms with van der Waals surface area (Å²) < 4.78 is 6.30. The Morgan fingerprint density at radius 3 is 2.56 bits per heavy atom. The number of ether oxygens (including phenoxy) is 1. The third kappa shape index (κ3) is 5.30. The lowest BCUT2D eigenvalue weighted by Crippen LogP contribution is -2.15. The highest BCUT2D eigenvalue weighted by atomic mass is 79.9. The van der Waals surface area contributed by atoms with E-state index in [9.17, 15) is 4.79 Å². The summed E-state index contributed by atoms with van der Waals surface area (Å²) >= 11 is 4.75. The first kappa shape index (κ1) is 19.4. The molecule has 5 nitrogen and oxygen atoms in total. The van der Waals surface area contributed by atoms with Crippen molar-refractivity contribution in [1.29, 1.82) is 0 Å². The van der Waals surface area contributed by atoms with Crippen LogP contribution in [0.15, 0.2) is 64.1 Å². The van der Waals surface area contributed by atoms with E-state index in [1.54, 1.807) is 7.11 Å². The summed E-state index contributed by atoms with van der Waals surface area (Å²) in [6, 6.07) is 17.3. The summed E-state index contributed by atoms with van der Waals surface area (Å²) in [6.07, 6.45) is 0. The highest BCUT2D eigenvalue weighted by Gasteiger charge is 2.09. The molecule has 0 atom stereocenters. The third-order valence-corrected chi connectivity index (χ3v) is 5.21. The van der Waals surface area contributed by atoms with Crippen LogP contribution in [-0.4, -0.2) is 29.0 Å². The zero-order valence-corrected chi connectivity index (χ0v) is 17.3. The first-order valence-electron chi connectivity index (χ1n) is 8.22. The molecule has 0 fully saturated rings. The van der Waals surface area contributed by atoms with Crippen molar-refractivity contribution < 1.29 is 9.53 Å². The van der Waals surface area contributed by atoms with Gasteiger partial charge in [0.2, 0.25) is 5.91 Å². The van der Waals surface area contributed by atoms with Gasteiger partial charge in [0.1, 0.15) is 10.8 Å². The van der Waals surface area contributed by atoms with E-state index in [-0.39, 0.29) is 11.7 Å². The molecular weight excluding hydrogens is 426 g/mol. The molecule has 0 aliphatic rings. The van der Waals surface area contributed by atoms with Crippen LogP contribution in [-0.2, 0) is 4.79 Å². The zero-order chi connectivity index (χ0) is 19.2. The number of aromatic nitrogens is 2. The van der Waals surface area contributed by atoms with Gasteiger partial charge in [-0.15, -0.1) is 10.2 Å². The molecular formula is C20H18BrN3O2S. The Morgan fingerprint density at radius 2 is 1.89 bits per heavy atom. The van der Waals surface area contributed by atoms with Gasteiger partial charge in [-0.1, -0.05) is 45.9 Å². The molecule has 138 valence electrons. The van der Waals surface area contributed by atoms with Gasteiger partial charge in [-0.05, 0) is 48.9 Å². The Morgan fingerprint density at radius 1 is 1.11 bits per heavy atom. The van der Waals surface area contributed by atoms with E-state index in [2.05, 4.69) is 31.4 Å². The van der Waals surface area contributed by atoms with E-state index in [0.717, 1.165) is 21.3 Å². The monoisotopic (exact) mass is 443 g/mol. The van der Waals surface area contributed by atoms with Crippen LogP contribution >= 0.6 is 27.7 Å². The molecule has 0 aliphatic heterocycles. The molecule has 3 aromatic rings. The third-order valence-electron chi connectivity index (χ3n) is 3.76. The molecule has 1 N–H and O–H groups in total. The summed E-state index contributed by atoms with van der Waals surface area (Å²) in [6.45, 7) is 1.96. The summed E-state index contributed by atoms with van der Waals surface area (Å²) in [5.41, 5.74) is 3.50. The van der Waals surface area contributed by atoms with Crippen LogP contribution in [0.25, 0.3) is 11.3 Å². The second-order valence-electron chi connectivity index (χ2n) is 5.80. The van der Waals surface area contributed by atoms with Crippen molar-refractivity contribution in [3.8, 4) is 17.0 Å². The molecule has 0 unspecified atom stereocenters. The number of anilines is 1. The number of benzene rings is 2. The summed E-state index contributed by atoms with van der Waals surface area (Å²) in [4.78, 5) is 12.2. The van der Waals surface area contributed by atoms with Crippen molar-refractivity contribution in [2.24, 2.45) is 0 Å². The predicted molar refractivity (Wildman–Crippen MR) is 112 cm³/mol. The highest BCUT2D eigenvalue weighted by molar-refractivity contribution is 9.10. The number of nitrogens with zero attached hydrogens (tertiary/aromatic N) is 2. The Labute approximate surface area is 170 Å². The first-order valence-corrected chi connectivity index (χ1v) is 10.00. The average Bonchev–Trinajstić information content (AvgIpc) is 2.68. The number of halogens is 1. The van der Waals surface area contributed by atoms with Crippen LogP contribution in [0.1, 0.15) is 5.56 Å². The quantitative estimate of drug-likeness (QED) is 0.545. The van der Waals surface area contributed by atoms with Gasteiger partial charge in [-0.3, -0.25) is 4.79 Å². The zero-order valence-electron chi connectivity index (χ0n) is 14.9. The van der Waals surface area contributed by atoms with E-state index < -0.39 is 0 Å². The van der Waals surface area contributed by atoms with E-state index in [1.807, 2.05) is 61.5 Å². The van der Waals surface area contributed by atoms with Crippen LogP contribution < -0.4 is 10.1 Å². The minimum absolute atomic E-state index is 0.123. The Bertz CT molecular complexity index is 931. The Hall–Kier alpha value is -2.38. The van der Waals surface area contributed by atoms with Crippen molar-refractivity contribution >= 4 is 39.3 Å². The van der Waals surface area contributed by atoms with E-state index in [1.165, 1.54) is 11.8 Å². The summed E-state index contributed by atoms with van der Waals surface area (Å²) in [7, 11) is 1.58. The van der Waals surface area contributed by atoms with Gasteiger partial charge in [0.25, 0.3) is 0 Å². The van der Waals surface area contributed by atoms with E-state index >= 15 is 0 Å². The van der Waals surface area contributed by atoms with E-state index in [4.69, 9.17) is 4.74 Å². The van der Waals surface area contributed by atoms with Gasteiger partial charge < -0.3 is 10.1 Å². The fraction of sp³-hybridized carbons (Fsp3) is 0.150. The number of aryl methyl sites for hydroxylation is 1. The largest absolute Gasteiger partial charge is 0.495 e. The normalized spacial score (nSPS) is 10.5. The number of rotatable bonds is 6. The smallest absolute Gasteiger partial charge is 0.234 e. The lowest BCUT2D eigenvalue weighted by molar-refractivity contribution is -0.113. The van der Waals surface area contributed by atoms with Crippen LogP contribution in [0.3, 0.4) is 0 Å². The Balaban J connectivity index is 1.59. The summed E-state index contributed by atoms with van der Waals surface area (Å²) in [5.74, 6) is 0.754. The van der Waals surface area contributed by atoms with Gasteiger partial charge in [0, 0.05) is 10.0 Å². The maximum Gasteiger partial charge on any atom is 0.234 e. The van der Waals surface area contributed by atoms with Gasteiger partial charge in [0.05, 0.1) is 24.2 Å². The number of amides is 1. The van der Waals surface area contributed by atoms with Crippen molar-refractivity contribution in [2.75, 3.05) is 18.2 Å². The number of carbonyl (C=O) groups is 1. The fourth-order valence-electron chi connectivity index (χ4n) is 2.42. The second kappa shape index (κ2) is 9.01. The van der Waals surface area contributed by atoms with Gasteiger partial charge in [-0.2, -0.15) is 0 Å². The van der Waals surface area contributed by atoms with Crippen LogP contribution in [0.2, 0.25) is 0 Å². The molecule has 0 aliphatic carbocycles. The van der Waals surface area contributed by atoms with E-state index in [0.29, 0.717) is 16.5 Å². The lowest BCUT2D eigenvalue weighted by atomic mass is 10.1. The molecule has 1 amide bonds. The standard InChI is InChI=1S/C20H18BrN3O2S/c1-13-3-9-18(26-2)17(11-13)22-19(25)12-27-20-10-8-16(23-24-20)14-4-6-15(21)7-5-14/h3-11H,12H2,1-2H3,(H,22,25). The number of hydrogen-bond acceptors (Lipinski definition) is 5. The molecule has 2 aromatic carbocycles. The minimum Gasteiger partial charge on any atom is -0.495 e. The number of methoxy groups -OCH3 is 1. The van der Waals surface area contributed by atoms with Crippen molar-refractivity contribution in [3.05, 3.63) is 64.6 Å². The highest BCUT2D eigenvalue weighted by Crippen LogP contribution is 2.26. The molecule has 1 aromatic heterocycles. The Kier molecular flexibility index (Phi) is 6.47. The molecule has 3 rings (SSSR count). The molecule has 0 bridgehead atoms. The molecule has 0 saturated heterocycles. The van der Waals surface area contributed by atoms with Crippen molar-refractivity contribution in [2.45, 2.75) is 11.9 Å². The van der Waals surface area contributed by atoms with Crippen LogP contribution in [0.4, 0.5) is 5.69 Å². The maximum atomic E-state index is 12.2. The van der Waals surface area contributed by atoms with Gasteiger partial charge in [0.15, 0.2) is 0 Å². The fourth-order valence-corrected chi connectivity index (χ4v) is 3.30. The average molecular weight is 444 g/mol. The number of hydrogen-bond donors (Lipinski definition) is 1. The molecule has 27 heavy (non-hydrogen) atoms. The number of thioether (sulfide) groups is 1. The van der Waals surface area contributed by atoms with Crippen molar-refractivity contribution in [1.82, 2.24) is 10.2 Å². The predicted octanol–water partition coefficient (Wildman–Crippen LogP) is 4.95. The van der Waals surface area contributed by atoms with Crippen LogP contribution in [0.5, 0.6) is 5.75 Å². The van der Waals surface area contributed by atoms with Gasteiger partial charge >= 0.3 is 0 Å².